The van der Waals surface area contributed by atoms with Crippen molar-refractivity contribution in [1.82, 2.24) is 5.32 Å². The number of aliphatic hydroxyl groups is 1. The molecule has 0 aromatic carbocycles. The van der Waals surface area contributed by atoms with E-state index in [0.717, 1.165) is 5.75 Å². The second-order valence-corrected chi connectivity index (χ2v) is 3.42. The maximum absolute atomic E-state index is 10.7. The van der Waals surface area contributed by atoms with Crippen LogP contribution in [0.25, 0.3) is 0 Å². The van der Waals surface area contributed by atoms with Crippen LogP contribution < -0.4 is 5.32 Å². The molecule has 11 heavy (non-hydrogen) atoms. The van der Waals surface area contributed by atoms with Crippen LogP contribution in [-0.2, 0) is 4.74 Å². The Kier molecular flexibility index (Phi) is 3.02. The Morgan fingerprint density at radius 1 is 1.73 bits per heavy atom. The van der Waals surface area contributed by atoms with Gasteiger partial charge in [0, 0.05) is 11.5 Å². The van der Waals surface area contributed by atoms with Crippen LogP contribution in [-0.4, -0.2) is 42.0 Å². The molecule has 0 unspecified atom stereocenters. The van der Waals surface area contributed by atoms with Gasteiger partial charge in [-0.15, -0.1) is 0 Å². The van der Waals surface area contributed by atoms with Gasteiger partial charge in [-0.3, -0.25) is 0 Å². The van der Waals surface area contributed by atoms with Crippen molar-refractivity contribution >= 4 is 17.9 Å². The molecule has 1 heterocycles. The van der Waals surface area contributed by atoms with Crippen molar-refractivity contribution in [2.45, 2.75) is 12.1 Å². The Bertz CT molecular complexity index is 153. The van der Waals surface area contributed by atoms with Crippen LogP contribution in [0.5, 0.6) is 0 Å². The number of carbonyl (C=O) groups is 1. The molecule has 0 bridgehead atoms. The highest BCUT2D eigenvalue weighted by Gasteiger charge is 2.27. The Balaban J connectivity index is 2.30. The molecule has 0 saturated carbocycles. The van der Waals surface area contributed by atoms with Crippen molar-refractivity contribution in [3.05, 3.63) is 0 Å². The van der Waals surface area contributed by atoms with E-state index in [1.807, 2.05) is 0 Å². The highest BCUT2D eigenvalue weighted by molar-refractivity contribution is 7.99. The molecule has 1 amide bonds. The van der Waals surface area contributed by atoms with E-state index >= 15 is 0 Å². The molecule has 0 radical (unpaired) electrons. The lowest BCUT2D eigenvalue weighted by Gasteiger charge is -2.13. The molecule has 2 N–H and O–H groups in total. The lowest BCUT2D eigenvalue weighted by Crippen LogP contribution is -2.42. The first kappa shape index (κ1) is 8.67. The molecule has 1 rings (SSSR count). The molecular weight excluding hydrogens is 166 g/mol. The quantitative estimate of drug-likeness (QED) is 0.583. The second-order valence-electron chi connectivity index (χ2n) is 2.35. The molecule has 1 aliphatic rings. The number of rotatable bonds is 1. The van der Waals surface area contributed by atoms with Gasteiger partial charge in [-0.25, -0.2) is 4.79 Å². The molecule has 4 nitrogen and oxygen atoms in total. The van der Waals surface area contributed by atoms with Gasteiger partial charge >= 0.3 is 6.09 Å². The summed E-state index contributed by atoms with van der Waals surface area (Å²) in [4.78, 5) is 10.7. The van der Waals surface area contributed by atoms with E-state index in [9.17, 15) is 9.90 Å². The van der Waals surface area contributed by atoms with Crippen LogP contribution in [0, 0.1) is 0 Å². The van der Waals surface area contributed by atoms with Crippen molar-refractivity contribution in [1.29, 1.82) is 0 Å². The summed E-state index contributed by atoms with van der Waals surface area (Å²) in [6, 6.07) is -0.146. The fraction of sp³-hybridized carbons (Fsp3) is 0.833. The molecule has 1 fully saturated rings. The summed E-state index contributed by atoms with van der Waals surface area (Å²) in [5.41, 5.74) is 0. The number of amides is 1. The molecular formula is C6H11NO3S. The minimum atomic E-state index is -0.475. The minimum absolute atomic E-state index is 0.146. The summed E-state index contributed by atoms with van der Waals surface area (Å²) < 4.78 is 4.39. The number of carbonyl (C=O) groups excluding carboxylic acids is 1. The summed E-state index contributed by atoms with van der Waals surface area (Å²) in [5.74, 6) is 1.45. The van der Waals surface area contributed by atoms with Gasteiger partial charge in [0.1, 0.15) is 0 Å². The number of hydrogen-bond donors (Lipinski definition) is 2. The van der Waals surface area contributed by atoms with Crippen molar-refractivity contribution in [2.75, 3.05) is 18.6 Å². The summed E-state index contributed by atoms with van der Waals surface area (Å²) in [7, 11) is 1.31. The van der Waals surface area contributed by atoms with Crippen LogP contribution in [0.1, 0.15) is 0 Å². The molecule has 1 aliphatic heterocycles. The normalized spacial score (nSPS) is 30.0. The van der Waals surface area contributed by atoms with E-state index in [1.165, 1.54) is 7.11 Å². The first-order valence-corrected chi connectivity index (χ1v) is 4.50. The molecule has 0 spiro atoms. The Hall–Kier alpha value is -0.420. The number of aliphatic hydroxyl groups excluding tert-OH is 1. The monoisotopic (exact) mass is 177 g/mol. The number of methoxy groups -OCH3 is 1. The fourth-order valence-electron chi connectivity index (χ4n) is 0.891. The van der Waals surface area contributed by atoms with Crippen LogP contribution in [0.4, 0.5) is 4.79 Å². The van der Waals surface area contributed by atoms with Gasteiger partial charge in [-0.1, -0.05) is 0 Å². The number of hydrogen-bond acceptors (Lipinski definition) is 4. The van der Waals surface area contributed by atoms with Crippen LogP contribution >= 0.6 is 11.8 Å². The summed E-state index contributed by atoms with van der Waals surface area (Å²) in [6.45, 7) is 0. The van der Waals surface area contributed by atoms with Gasteiger partial charge in [0.25, 0.3) is 0 Å². The Morgan fingerprint density at radius 3 is 2.91 bits per heavy atom. The van der Waals surface area contributed by atoms with E-state index in [4.69, 9.17) is 0 Å². The molecule has 2 atom stereocenters. The average Bonchev–Trinajstić information content (AvgIpc) is 2.37. The van der Waals surface area contributed by atoms with Gasteiger partial charge in [0.2, 0.25) is 0 Å². The molecule has 0 aromatic heterocycles. The van der Waals surface area contributed by atoms with E-state index < -0.39 is 12.2 Å². The van der Waals surface area contributed by atoms with Crippen LogP contribution in [0.2, 0.25) is 0 Å². The van der Waals surface area contributed by atoms with Crippen molar-refractivity contribution < 1.29 is 14.6 Å². The summed E-state index contributed by atoms with van der Waals surface area (Å²) in [6.07, 6.45) is -0.907. The number of thioether (sulfide) groups is 1. The maximum atomic E-state index is 10.7. The minimum Gasteiger partial charge on any atom is -0.453 e. The SMILES string of the molecule is COC(=O)N[C@H]1CSC[C@H]1O. The van der Waals surface area contributed by atoms with E-state index in [-0.39, 0.29) is 6.04 Å². The van der Waals surface area contributed by atoms with E-state index in [2.05, 4.69) is 10.1 Å². The Labute approximate surface area is 69.3 Å². The third-order valence-electron chi connectivity index (χ3n) is 1.54. The third kappa shape index (κ3) is 2.27. The summed E-state index contributed by atoms with van der Waals surface area (Å²) in [5, 5.41) is 11.8. The second kappa shape index (κ2) is 3.82. The van der Waals surface area contributed by atoms with Gasteiger partial charge in [0.05, 0.1) is 19.3 Å². The van der Waals surface area contributed by atoms with E-state index in [1.54, 1.807) is 11.8 Å². The van der Waals surface area contributed by atoms with Gasteiger partial charge in [-0.2, -0.15) is 11.8 Å². The van der Waals surface area contributed by atoms with Crippen molar-refractivity contribution in [3.63, 3.8) is 0 Å². The van der Waals surface area contributed by atoms with Gasteiger partial charge in [0.15, 0.2) is 0 Å². The zero-order valence-corrected chi connectivity index (χ0v) is 7.06. The molecule has 5 heteroatoms. The highest BCUT2D eigenvalue weighted by atomic mass is 32.2. The Morgan fingerprint density at radius 2 is 2.45 bits per heavy atom. The fourth-order valence-corrected chi connectivity index (χ4v) is 2.06. The maximum Gasteiger partial charge on any atom is 0.407 e. The topological polar surface area (TPSA) is 58.6 Å². The highest BCUT2D eigenvalue weighted by Crippen LogP contribution is 2.17. The van der Waals surface area contributed by atoms with Crippen LogP contribution in [0.15, 0.2) is 0 Å². The first-order valence-electron chi connectivity index (χ1n) is 3.34. The predicted octanol–water partition coefficient (Wildman–Crippen LogP) is -0.181. The van der Waals surface area contributed by atoms with Crippen molar-refractivity contribution in [2.24, 2.45) is 0 Å². The van der Waals surface area contributed by atoms with Gasteiger partial charge in [-0.05, 0) is 0 Å². The van der Waals surface area contributed by atoms with Crippen molar-refractivity contribution in [3.8, 4) is 0 Å². The lowest BCUT2D eigenvalue weighted by atomic mass is 10.2. The van der Waals surface area contributed by atoms with Gasteiger partial charge < -0.3 is 15.2 Å². The largest absolute Gasteiger partial charge is 0.453 e. The zero-order chi connectivity index (χ0) is 8.27. The molecule has 1 saturated heterocycles. The standard InChI is InChI=1S/C6H11NO3S/c1-10-6(9)7-4-2-11-3-5(4)8/h4-5,8H,2-3H2,1H3,(H,7,9)/t4-,5+/m0/s1. The predicted molar refractivity (Wildman–Crippen MR) is 42.7 cm³/mol. The number of nitrogens with one attached hydrogen (secondary N) is 1. The molecule has 0 aromatic rings. The average molecular weight is 177 g/mol. The first-order chi connectivity index (χ1) is 5.24. The number of alkyl carbamates (subject to hydrolysis) is 1. The zero-order valence-electron chi connectivity index (χ0n) is 6.24. The van der Waals surface area contributed by atoms with Crippen LogP contribution in [0.3, 0.4) is 0 Å². The number of ether oxygens (including phenoxy) is 1. The smallest absolute Gasteiger partial charge is 0.407 e. The third-order valence-corrected chi connectivity index (χ3v) is 2.71. The van der Waals surface area contributed by atoms with E-state index in [0.29, 0.717) is 5.75 Å². The molecule has 64 valence electrons. The summed E-state index contributed by atoms with van der Waals surface area (Å²) >= 11 is 1.62. The molecule has 0 aliphatic carbocycles. The lowest BCUT2D eigenvalue weighted by molar-refractivity contribution is 0.138.